The summed E-state index contributed by atoms with van der Waals surface area (Å²) >= 11 is 1.27. The zero-order chi connectivity index (χ0) is 12.3. The fourth-order valence-electron chi connectivity index (χ4n) is 1.32. The van der Waals surface area contributed by atoms with Gasteiger partial charge in [-0.15, -0.1) is 11.3 Å². The van der Waals surface area contributed by atoms with Gasteiger partial charge in [-0.05, 0) is 12.1 Å². The van der Waals surface area contributed by atoms with Gasteiger partial charge in [0.05, 0.1) is 22.8 Å². The van der Waals surface area contributed by atoms with Crippen LogP contribution < -0.4 is 5.32 Å². The molecule has 0 saturated carbocycles. The Kier molecular flexibility index (Phi) is 3.15. The van der Waals surface area contributed by atoms with Gasteiger partial charge in [0.2, 0.25) is 0 Å². The van der Waals surface area contributed by atoms with E-state index in [1.165, 1.54) is 29.7 Å². The van der Waals surface area contributed by atoms with Crippen LogP contribution in [0, 0.1) is 0 Å². The standard InChI is InChI=1S/C11H8N2O3S/c14-10(13-9-5-12-6-17-9)7-3-1-2-4-8(7)11(15)16/h1-6H,(H,13,14)(H,15,16). The van der Waals surface area contributed by atoms with Crippen molar-refractivity contribution < 1.29 is 14.7 Å². The summed E-state index contributed by atoms with van der Waals surface area (Å²) in [7, 11) is 0. The molecule has 0 aliphatic rings. The van der Waals surface area contributed by atoms with E-state index in [1.807, 2.05) is 0 Å². The van der Waals surface area contributed by atoms with Crippen molar-refractivity contribution in [2.75, 3.05) is 5.32 Å². The lowest BCUT2D eigenvalue weighted by molar-refractivity contribution is 0.0692. The number of carbonyl (C=O) groups excluding carboxylic acids is 1. The summed E-state index contributed by atoms with van der Waals surface area (Å²) in [6.45, 7) is 0. The third-order valence-electron chi connectivity index (χ3n) is 2.07. The van der Waals surface area contributed by atoms with Gasteiger partial charge in [-0.1, -0.05) is 12.1 Å². The van der Waals surface area contributed by atoms with E-state index < -0.39 is 11.9 Å². The summed E-state index contributed by atoms with van der Waals surface area (Å²) in [5, 5.41) is 12.1. The number of rotatable bonds is 3. The molecule has 0 spiro atoms. The SMILES string of the molecule is O=C(O)c1ccccc1C(=O)Nc1cncs1. The van der Waals surface area contributed by atoms with Crippen molar-refractivity contribution in [3.05, 3.63) is 47.1 Å². The third-order valence-corrected chi connectivity index (χ3v) is 2.76. The molecule has 17 heavy (non-hydrogen) atoms. The summed E-state index contributed by atoms with van der Waals surface area (Å²) in [5.41, 5.74) is 1.70. The molecule has 0 bridgehead atoms. The Hall–Kier alpha value is -2.21. The molecule has 1 aromatic carbocycles. The highest BCUT2D eigenvalue weighted by molar-refractivity contribution is 7.14. The summed E-state index contributed by atoms with van der Waals surface area (Å²) in [6.07, 6.45) is 1.51. The number of carboxylic acids is 1. The maximum Gasteiger partial charge on any atom is 0.336 e. The van der Waals surface area contributed by atoms with Gasteiger partial charge in [0.15, 0.2) is 0 Å². The van der Waals surface area contributed by atoms with Crippen molar-refractivity contribution >= 4 is 28.2 Å². The fraction of sp³-hybridized carbons (Fsp3) is 0. The Morgan fingerprint density at radius 1 is 1.24 bits per heavy atom. The van der Waals surface area contributed by atoms with E-state index in [-0.39, 0.29) is 11.1 Å². The fourth-order valence-corrected chi connectivity index (χ4v) is 1.83. The molecule has 0 aliphatic carbocycles. The smallest absolute Gasteiger partial charge is 0.336 e. The second kappa shape index (κ2) is 4.75. The number of nitrogens with zero attached hydrogens (tertiary/aromatic N) is 1. The minimum atomic E-state index is -1.12. The van der Waals surface area contributed by atoms with Crippen molar-refractivity contribution in [3.63, 3.8) is 0 Å². The second-order valence-electron chi connectivity index (χ2n) is 3.17. The molecule has 1 aromatic heterocycles. The van der Waals surface area contributed by atoms with Crippen LogP contribution in [0.3, 0.4) is 0 Å². The quantitative estimate of drug-likeness (QED) is 0.871. The lowest BCUT2D eigenvalue weighted by Crippen LogP contribution is -2.15. The topological polar surface area (TPSA) is 79.3 Å². The van der Waals surface area contributed by atoms with Gasteiger partial charge in [-0.3, -0.25) is 9.78 Å². The number of carbonyl (C=O) groups is 2. The Morgan fingerprint density at radius 3 is 2.53 bits per heavy atom. The van der Waals surface area contributed by atoms with Crippen molar-refractivity contribution in [3.8, 4) is 0 Å². The predicted molar refractivity (Wildman–Crippen MR) is 63.5 cm³/mol. The van der Waals surface area contributed by atoms with Gasteiger partial charge < -0.3 is 10.4 Å². The molecule has 0 fully saturated rings. The number of aromatic carboxylic acids is 1. The number of nitrogens with one attached hydrogen (secondary N) is 1. The Bertz CT molecular complexity index is 552. The molecular formula is C11H8N2O3S. The van der Waals surface area contributed by atoms with Crippen LogP contribution in [0.1, 0.15) is 20.7 Å². The average Bonchev–Trinajstić information content (AvgIpc) is 2.81. The van der Waals surface area contributed by atoms with E-state index in [0.29, 0.717) is 5.00 Å². The van der Waals surface area contributed by atoms with Gasteiger partial charge in [-0.25, -0.2) is 4.79 Å². The third kappa shape index (κ3) is 2.48. The van der Waals surface area contributed by atoms with Crippen molar-refractivity contribution in [1.82, 2.24) is 4.98 Å². The molecule has 2 N–H and O–H groups in total. The molecule has 1 amide bonds. The molecule has 2 rings (SSSR count). The lowest BCUT2D eigenvalue weighted by Gasteiger charge is -2.05. The first-order valence-corrected chi connectivity index (χ1v) is 5.58. The number of amides is 1. The monoisotopic (exact) mass is 248 g/mol. The molecular weight excluding hydrogens is 240 g/mol. The van der Waals surface area contributed by atoms with Crippen LogP contribution >= 0.6 is 11.3 Å². The Labute approximate surface area is 101 Å². The molecule has 5 nitrogen and oxygen atoms in total. The first-order chi connectivity index (χ1) is 8.18. The van der Waals surface area contributed by atoms with E-state index in [0.717, 1.165) is 0 Å². The highest BCUT2D eigenvalue weighted by atomic mass is 32.1. The van der Waals surface area contributed by atoms with Crippen molar-refractivity contribution in [2.24, 2.45) is 0 Å². The molecule has 0 atom stereocenters. The number of thiazole rings is 1. The van der Waals surface area contributed by atoms with Gasteiger partial charge in [0.25, 0.3) is 5.91 Å². The van der Waals surface area contributed by atoms with E-state index in [1.54, 1.807) is 17.6 Å². The summed E-state index contributed by atoms with van der Waals surface area (Å²) in [4.78, 5) is 26.6. The number of anilines is 1. The zero-order valence-corrected chi connectivity index (χ0v) is 9.40. The molecule has 1 heterocycles. The van der Waals surface area contributed by atoms with Gasteiger partial charge in [-0.2, -0.15) is 0 Å². The van der Waals surface area contributed by atoms with Crippen LogP contribution in [-0.2, 0) is 0 Å². The highest BCUT2D eigenvalue weighted by Crippen LogP contribution is 2.16. The zero-order valence-electron chi connectivity index (χ0n) is 8.58. The number of hydrogen-bond acceptors (Lipinski definition) is 4. The molecule has 6 heteroatoms. The van der Waals surface area contributed by atoms with Gasteiger partial charge >= 0.3 is 5.97 Å². The first kappa shape index (κ1) is 11.3. The van der Waals surface area contributed by atoms with E-state index >= 15 is 0 Å². The number of hydrogen-bond donors (Lipinski definition) is 2. The van der Waals surface area contributed by atoms with E-state index in [2.05, 4.69) is 10.3 Å². The molecule has 0 saturated heterocycles. The number of aromatic nitrogens is 1. The lowest BCUT2D eigenvalue weighted by atomic mass is 10.1. The van der Waals surface area contributed by atoms with Crippen LogP contribution in [0.15, 0.2) is 36.0 Å². The van der Waals surface area contributed by atoms with Crippen molar-refractivity contribution in [1.29, 1.82) is 0 Å². The largest absolute Gasteiger partial charge is 0.478 e. The van der Waals surface area contributed by atoms with Crippen LogP contribution in [0.25, 0.3) is 0 Å². The molecule has 0 radical (unpaired) electrons. The molecule has 2 aromatic rings. The van der Waals surface area contributed by atoms with Gasteiger partial charge in [0, 0.05) is 0 Å². The normalized spacial score (nSPS) is 9.88. The Balaban J connectivity index is 2.28. The van der Waals surface area contributed by atoms with Crippen LogP contribution in [0.4, 0.5) is 5.00 Å². The summed E-state index contributed by atoms with van der Waals surface area (Å²) < 4.78 is 0. The predicted octanol–water partition coefficient (Wildman–Crippen LogP) is 2.09. The van der Waals surface area contributed by atoms with Crippen LogP contribution in [-0.4, -0.2) is 22.0 Å². The minimum Gasteiger partial charge on any atom is -0.478 e. The summed E-state index contributed by atoms with van der Waals surface area (Å²) in [6, 6.07) is 6.06. The first-order valence-electron chi connectivity index (χ1n) is 4.70. The maximum atomic E-state index is 11.8. The highest BCUT2D eigenvalue weighted by Gasteiger charge is 2.15. The van der Waals surface area contributed by atoms with Crippen LogP contribution in [0.5, 0.6) is 0 Å². The van der Waals surface area contributed by atoms with Crippen molar-refractivity contribution in [2.45, 2.75) is 0 Å². The Morgan fingerprint density at radius 2 is 1.94 bits per heavy atom. The molecule has 0 unspecified atom stereocenters. The average molecular weight is 248 g/mol. The van der Waals surface area contributed by atoms with Crippen LogP contribution in [0.2, 0.25) is 0 Å². The second-order valence-corrected chi connectivity index (χ2v) is 4.06. The van der Waals surface area contributed by atoms with E-state index in [4.69, 9.17) is 5.11 Å². The molecule has 0 aliphatic heterocycles. The number of carboxylic acid groups (broad SMARTS) is 1. The van der Waals surface area contributed by atoms with E-state index in [9.17, 15) is 9.59 Å². The molecule has 86 valence electrons. The number of benzene rings is 1. The summed E-state index contributed by atoms with van der Waals surface area (Å²) in [5.74, 6) is -1.58. The van der Waals surface area contributed by atoms with Gasteiger partial charge in [0.1, 0.15) is 5.00 Å². The minimum absolute atomic E-state index is 0.0190. The maximum absolute atomic E-state index is 11.8.